The van der Waals surface area contributed by atoms with E-state index in [4.69, 9.17) is 4.74 Å². The average Bonchev–Trinajstić information content (AvgIpc) is 2.72. The van der Waals surface area contributed by atoms with Gasteiger partial charge in [-0.2, -0.15) is 0 Å². The number of nitrogens with zero attached hydrogens (tertiary/aromatic N) is 1. The predicted octanol–water partition coefficient (Wildman–Crippen LogP) is 3.68. The van der Waals surface area contributed by atoms with Crippen LogP contribution in [0.4, 0.5) is 8.78 Å². The summed E-state index contributed by atoms with van der Waals surface area (Å²) in [6.45, 7) is 4.12. The van der Waals surface area contributed by atoms with Crippen LogP contribution in [-0.4, -0.2) is 35.9 Å². The molecule has 2 aromatic carbocycles. The molecule has 0 aliphatic rings. The third kappa shape index (κ3) is 6.85. The summed E-state index contributed by atoms with van der Waals surface area (Å²) in [6, 6.07) is 10.4. The van der Waals surface area contributed by atoms with Gasteiger partial charge in [0.15, 0.2) is 6.61 Å². The monoisotopic (exact) mass is 404 g/mol. The van der Waals surface area contributed by atoms with Crippen LogP contribution in [0.2, 0.25) is 0 Å². The van der Waals surface area contributed by atoms with E-state index < -0.39 is 17.8 Å². The minimum Gasteiger partial charge on any atom is -0.484 e. The second-order valence-electron chi connectivity index (χ2n) is 6.61. The molecule has 0 aromatic heterocycles. The maximum Gasteiger partial charge on any atom is 0.261 e. The van der Waals surface area contributed by atoms with Gasteiger partial charge in [-0.15, -0.1) is 0 Å². The summed E-state index contributed by atoms with van der Waals surface area (Å²) in [5.74, 6) is -1.06. The molecule has 2 amide bonds. The van der Waals surface area contributed by atoms with Crippen molar-refractivity contribution < 1.29 is 23.1 Å². The van der Waals surface area contributed by atoms with Gasteiger partial charge in [-0.1, -0.05) is 26.0 Å². The molecule has 5 nitrogen and oxygen atoms in total. The van der Waals surface area contributed by atoms with Crippen LogP contribution in [0.3, 0.4) is 0 Å². The molecule has 0 heterocycles. The van der Waals surface area contributed by atoms with E-state index in [-0.39, 0.29) is 24.9 Å². The summed E-state index contributed by atoms with van der Waals surface area (Å²) in [5.41, 5.74) is 0.697. The van der Waals surface area contributed by atoms with Crippen LogP contribution in [0.1, 0.15) is 32.3 Å². The van der Waals surface area contributed by atoms with Crippen LogP contribution in [-0.2, 0) is 16.1 Å². The van der Waals surface area contributed by atoms with Crippen molar-refractivity contribution in [1.82, 2.24) is 10.2 Å². The van der Waals surface area contributed by atoms with Gasteiger partial charge in [0.1, 0.15) is 23.4 Å². The number of rotatable bonds is 10. The van der Waals surface area contributed by atoms with Gasteiger partial charge >= 0.3 is 0 Å². The van der Waals surface area contributed by atoms with Crippen LogP contribution < -0.4 is 10.1 Å². The first-order valence-corrected chi connectivity index (χ1v) is 9.64. The molecule has 0 aliphatic heterocycles. The molecule has 1 unspecified atom stereocenters. The summed E-state index contributed by atoms with van der Waals surface area (Å²) in [5, 5.41) is 2.82. The molecule has 1 atom stereocenters. The lowest BCUT2D eigenvalue weighted by Gasteiger charge is -2.30. The van der Waals surface area contributed by atoms with Crippen molar-refractivity contribution in [1.29, 1.82) is 0 Å². The molecule has 0 aliphatic carbocycles. The Morgan fingerprint density at radius 3 is 2.14 bits per heavy atom. The van der Waals surface area contributed by atoms with E-state index in [2.05, 4.69) is 5.32 Å². The number of halogens is 2. The number of benzene rings is 2. The zero-order valence-corrected chi connectivity index (χ0v) is 16.7. The fourth-order valence-corrected chi connectivity index (χ4v) is 2.83. The number of ether oxygens (including phenoxy) is 1. The van der Waals surface area contributed by atoms with Crippen molar-refractivity contribution in [3.05, 3.63) is 65.7 Å². The van der Waals surface area contributed by atoms with Gasteiger partial charge in [0, 0.05) is 13.1 Å². The number of carbonyl (C=O) groups excluding carboxylic acids is 2. The first-order chi connectivity index (χ1) is 13.9. The van der Waals surface area contributed by atoms with Crippen molar-refractivity contribution in [2.75, 3.05) is 13.2 Å². The maximum atomic E-state index is 13.2. The third-order valence-electron chi connectivity index (χ3n) is 4.38. The summed E-state index contributed by atoms with van der Waals surface area (Å²) >= 11 is 0. The Bertz CT molecular complexity index is 795. The molecule has 0 radical (unpaired) electrons. The molecular weight excluding hydrogens is 378 g/mol. The lowest BCUT2D eigenvalue weighted by atomic mass is 10.1. The first-order valence-electron chi connectivity index (χ1n) is 9.64. The van der Waals surface area contributed by atoms with Crippen LogP contribution in [0, 0.1) is 11.6 Å². The van der Waals surface area contributed by atoms with E-state index in [1.165, 1.54) is 41.3 Å². The van der Waals surface area contributed by atoms with Gasteiger partial charge in [0.2, 0.25) is 5.91 Å². The molecule has 0 saturated carbocycles. The normalized spacial score (nSPS) is 11.6. The highest BCUT2D eigenvalue weighted by Gasteiger charge is 2.28. The minimum atomic E-state index is -0.684. The van der Waals surface area contributed by atoms with E-state index in [0.29, 0.717) is 24.3 Å². The fourth-order valence-electron chi connectivity index (χ4n) is 2.83. The fraction of sp³-hybridized carbons (Fsp3) is 0.364. The molecule has 29 heavy (non-hydrogen) atoms. The van der Waals surface area contributed by atoms with Crippen LogP contribution in [0.5, 0.6) is 5.75 Å². The van der Waals surface area contributed by atoms with E-state index >= 15 is 0 Å². The van der Waals surface area contributed by atoms with Gasteiger partial charge in [0.05, 0.1) is 0 Å². The van der Waals surface area contributed by atoms with Gasteiger partial charge in [-0.05, 0) is 54.8 Å². The Balaban J connectivity index is 2.16. The Morgan fingerprint density at radius 2 is 1.59 bits per heavy atom. The zero-order valence-electron chi connectivity index (χ0n) is 16.7. The zero-order chi connectivity index (χ0) is 21.2. The maximum absolute atomic E-state index is 13.2. The lowest BCUT2D eigenvalue weighted by molar-refractivity contribution is -0.143. The topological polar surface area (TPSA) is 58.6 Å². The molecule has 2 aromatic rings. The van der Waals surface area contributed by atoms with E-state index in [1.807, 2.05) is 13.8 Å². The van der Waals surface area contributed by atoms with Gasteiger partial charge in [-0.3, -0.25) is 9.59 Å². The number of hydrogen-bond acceptors (Lipinski definition) is 3. The van der Waals surface area contributed by atoms with Crippen LogP contribution in [0.25, 0.3) is 0 Å². The number of nitrogens with one attached hydrogen (secondary N) is 1. The highest BCUT2D eigenvalue weighted by Crippen LogP contribution is 2.15. The van der Waals surface area contributed by atoms with E-state index in [0.717, 1.165) is 6.42 Å². The Morgan fingerprint density at radius 1 is 1.00 bits per heavy atom. The predicted molar refractivity (Wildman–Crippen MR) is 106 cm³/mol. The molecule has 156 valence electrons. The molecular formula is C22H26F2N2O3. The summed E-state index contributed by atoms with van der Waals surface area (Å²) < 4.78 is 31.7. The molecule has 0 bridgehead atoms. The second kappa shape index (κ2) is 11.1. The largest absolute Gasteiger partial charge is 0.484 e. The minimum absolute atomic E-state index is 0.143. The van der Waals surface area contributed by atoms with Crippen LogP contribution in [0.15, 0.2) is 48.5 Å². The lowest BCUT2D eigenvalue weighted by Crippen LogP contribution is -2.50. The van der Waals surface area contributed by atoms with Gasteiger partial charge in [-0.25, -0.2) is 8.78 Å². The molecule has 2 rings (SSSR count). The van der Waals surface area contributed by atoms with E-state index in [9.17, 15) is 18.4 Å². The standard InChI is InChI=1S/C22H26F2N2O3/c1-3-13-25-22(28)20(4-2)26(14-16-5-7-17(23)8-6-16)21(27)15-29-19-11-9-18(24)10-12-19/h5-12,20H,3-4,13-15H2,1-2H3,(H,25,28). The van der Waals surface area contributed by atoms with Crippen molar-refractivity contribution in [2.45, 2.75) is 39.3 Å². The van der Waals surface area contributed by atoms with Crippen LogP contribution >= 0.6 is 0 Å². The van der Waals surface area contributed by atoms with Gasteiger partial charge in [0.25, 0.3) is 5.91 Å². The van der Waals surface area contributed by atoms with Crippen molar-refractivity contribution in [3.63, 3.8) is 0 Å². The van der Waals surface area contributed by atoms with Crippen molar-refractivity contribution >= 4 is 11.8 Å². The number of amides is 2. The Hall–Kier alpha value is -2.96. The third-order valence-corrected chi connectivity index (χ3v) is 4.38. The average molecular weight is 404 g/mol. The molecule has 1 N–H and O–H groups in total. The van der Waals surface area contributed by atoms with Crippen molar-refractivity contribution in [3.8, 4) is 5.75 Å². The number of carbonyl (C=O) groups is 2. The second-order valence-corrected chi connectivity index (χ2v) is 6.61. The van der Waals surface area contributed by atoms with E-state index in [1.54, 1.807) is 12.1 Å². The molecule has 0 fully saturated rings. The Labute approximate surface area is 169 Å². The summed E-state index contributed by atoms with van der Waals surface area (Å²) in [6.07, 6.45) is 1.20. The SMILES string of the molecule is CCCNC(=O)C(CC)N(Cc1ccc(F)cc1)C(=O)COc1ccc(F)cc1. The highest BCUT2D eigenvalue weighted by atomic mass is 19.1. The quantitative estimate of drug-likeness (QED) is 0.657. The highest BCUT2D eigenvalue weighted by molar-refractivity contribution is 5.88. The summed E-state index contributed by atoms with van der Waals surface area (Å²) in [4.78, 5) is 26.9. The Kier molecular flexibility index (Phi) is 8.58. The molecule has 0 saturated heterocycles. The summed E-state index contributed by atoms with van der Waals surface area (Å²) in [7, 11) is 0. The van der Waals surface area contributed by atoms with Gasteiger partial charge < -0.3 is 15.0 Å². The smallest absolute Gasteiger partial charge is 0.261 e. The first kappa shape index (κ1) is 22.3. The number of hydrogen-bond donors (Lipinski definition) is 1. The van der Waals surface area contributed by atoms with Crippen molar-refractivity contribution in [2.24, 2.45) is 0 Å². The molecule has 7 heteroatoms. The molecule has 0 spiro atoms.